The number of nitrogens with zero attached hydrogens (tertiary/aromatic N) is 2. The fourth-order valence-corrected chi connectivity index (χ4v) is 3.63. The molecule has 2 aromatic rings. The highest BCUT2D eigenvalue weighted by Crippen LogP contribution is 2.29. The van der Waals surface area contributed by atoms with Gasteiger partial charge in [-0.3, -0.25) is 15.1 Å². The summed E-state index contributed by atoms with van der Waals surface area (Å²) in [6, 6.07) is 3.93. The van der Waals surface area contributed by atoms with Crippen molar-refractivity contribution >= 4 is 39.7 Å². The smallest absolute Gasteiger partial charge is 0.259 e. The van der Waals surface area contributed by atoms with Gasteiger partial charge in [0.1, 0.15) is 0 Å². The standard InChI is InChI=1S/C17H19N3OS2/c1-22-13-6-7-15(19-11-13)14(10-12-4-2-3-5-12)16(21)20-17-18-8-9-23-17/h6-12H,2-5H2,1H3,(H,18,20,21). The Balaban J connectivity index is 1.87. The molecule has 120 valence electrons. The van der Waals surface area contributed by atoms with Crippen LogP contribution in [-0.4, -0.2) is 22.1 Å². The van der Waals surface area contributed by atoms with Crippen LogP contribution in [0.5, 0.6) is 0 Å². The van der Waals surface area contributed by atoms with Crippen molar-refractivity contribution in [1.29, 1.82) is 0 Å². The van der Waals surface area contributed by atoms with Crippen LogP contribution in [0.3, 0.4) is 0 Å². The second-order valence-corrected chi connectivity index (χ2v) is 7.27. The van der Waals surface area contributed by atoms with Crippen molar-refractivity contribution in [3.05, 3.63) is 41.7 Å². The van der Waals surface area contributed by atoms with E-state index in [4.69, 9.17) is 0 Å². The van der Waals surface area contributed by atoms with Gasteiger partial charge >= 0.3 is 0 Å². The molecular formula is C17H19N3OS2. The van der Waals surface area contributed by atoms with Crippen LogP contribution in [0, 0.1) is 5.92 Å². The van der Waals surface area contributed by atoms with E-state index in [1.165, 1.54) is 24.2 Å². The summed E-state index contributed by atoms with van der Waals surface area (Å²) in [4.78, 5) is 22.4. The quantitative estimate of drug-likeness (QED) is 0.641. The highest BCUT2D eigenvalue weighted by Gasteiger charge is 2.19. The van der Waals surface area contributed by atoms with Crippen molar-refractivity contribution in [2.75, 3.05) is 11.6 Å². The van der Waals surface area contributed by atoms with E-state index in [0.717, 1.165) is 23.4 Å². The number of nitrogens with one attached hydrogen (secondary N) is 1. The average molecular weight is 345 g/mol. The van der Waals surface area contributed by atoms with Crippen molar-refractivity contribution in [3.63, 3.8) is 0 Å². The van der Waals surface area contributed by atoms with Gasteiger partial charge in [-0.05, 0) is 37.1 Å². The summed E-state index contributed by atoms with van der Waals surface area (Å²) in [5.41, 5.74) is 1.38. The van der Waals surface area contributed by atoms with Crippen LogP contribution in [0.2, 0.25) is 0 Å². The minimum absolute atomic E-state index is 0.128. The lowest BCUT2D eigenvalue weighted by Crippen LogP contribution is -2.15. The van der Waals surface area contributed by atoms with Crippen molar-refractivity contribution < 1.29 is 4.79 Å². The maximum Gasteiger partial charge on any atom is 0.259 e. The highest BCUT2D eigenvalue weighted by molar-refractivity contribution is 7.98. The number of carbonyl (C=O) groups excluding carboxylic acids is 1. The molecule has 2 heterocycles. The summed E-state index contributed by atoms with van der Waals surface area (Å²) in [5.74, 6) is 0.338. The minimum Gasteiger partial charge on any atom is -0.298 e. The number of rotatable bonds is 5. The Morgan fingerprint density at radius 2 is 2.17 bits per heavy atom. The lowest BCUT2D eigenvalue weighted by atomic mass is 10.0. The van der Waals surface area contributed by atoms with Crippen molar-refractivity contribution in [2.24, 2.45) is 5.92 Å². The molecule has 0 aliphatic heterocycles. The number of thiazole rings is 1. The average Bonchev–Trinajstić information content (AvgIpc) is 3.26. The first-order valence-corrected chi connectivity index (χ1v) is 9.80. The summed E-state index contributed by atoms with van der Waals surface area (Å²) in [7, 11) is 0. The van der Waals surface area contributed by atoms with Gasteiger partial charge in [-0.15, -0.1) is 23.1 Å². The Kier molecular flexibility index (Phi) is 5.46. The maximum absolute atomic E-state index is 12.7. The van der Waals surface area contributed by atoms with Gasteiger partial charge in [0.2, 0.25) is 0 Å². The third-order valence-electron chi connectivity index (χ3n) is 3.95. The molecule has 3 rings (SSSR count). The SMILES string of the molecule is CSc1ccc(C(=CC2CCCC2)C(=O)Nc2nccs2)nc1. The number of pyridine rings is 1. The monoisotopic (exact) mass is 345 g/mol. The molecule has 1 aliphatic carbocycles. The lowest BCUT2D eigenvalue weighted by molar-refractivity contribution is -0.111. The zero-order valence-electron chi connectivity index (χ0n) is 13.0. The largest absolute Gasteiger partial charge is 0.298 e. The van der Waals surface area contributed by atoms with E-state index in [-0.39, 0.29) is 5.91 Å². The zero-order chi connectivity index (χ0) is 16.1. The van der Waals surface area contributed by atoms with Gasteiger partial charge in [0, 0.05) is 22.7 Å². The van der Waals surface area contributed by atoms with E-state index in [1.54, 1.807) is 18.0 Å². The second kappa shape index (κ2) is 7.75. The molecule has 0 spiro atoms. The summed E-state index contributed by atoms with van der Waals surface area (Å²) >= 11 is 3.06. The van der Waals surface area contributed by atoms with E-state index < -0.39 is 0 Å². The molecule has 4 nitrogen and oxygen atoms in total. The number of carbonyl (C=O) groups is 1. The first-order chi connectivity index (χ1) is 11.3. The summed E-state index contributed by atoms with van der Waals surface area (Å²) < 4.78 is 0. The molecule has 0 bridgehead atoms. The highest BCUT2D eigenvalue weighted by atomic mass is 32.2. The summed E-state index contributed by atoms with van der Waals surface area (Å²) in [6.45, 7) is 0. The molecular weight excluding hydrogens is 326 g/mol. The topological polar surface area (TPSA) is 54.9 Å². The molecule has 6 heteroatoms. The molecule has 2 aromatic heterocycles. The first-order valence-electron chi connectivity index (χ1n) is 7.69. The molecule has 23 heavy (non-hydrogen) atoms. The number of hydrogen-bond donors (Lipinski definition) is 1. The third kappa shape index (κ3) is 4.20. The second-order valence-electron chi connectivity index (χ2n) is 5.50. The fourth-order valence-electron chi connectivity index (χ4n) is 2.75. The molecule has 1 fully saturated rings. The van der Waals surface area contributed by atoms with E-state index in [2.05, 4.69) is 21.4 Å². The summed E-state index contributed by atoms with van der Waals surface area (Å²) in [5, 5.41) is 5.35. The van der Waals surface area contributed by atoms with Gasteiger partial charge in [-0.25, -0.2) is 4.98 Å². The van der Waals surface area contributed by atoms with Crippen LogP contribution < -0.4 is 5.32 Å². The number of anilines is 1. The van der Waals surface area contributed by atoms with Gasteiger partial charge < -0.3 is 0 Å². The predicted molar refractivity (Wildman–Crippen MR) is 96.7 cm³/mol. The molecule has 0 unspecified atom stereocenters. The van der Waals surface area contributed by atoms with Crippen LogP contribution >= 0.6 is 23.1 Å². The van der Waals surface area contributed by atoms with E-state index >= 15 is 0 Å². The Morgan fingerprint density at radius 3 is 2.78 bits per heavy atom. The van der Waals surface area contributed by atoms with E-state index in [1.807, 2.05) is 30.0 Å². The van der Waals surface area contributed by atoms with Crippen LogP contribution in [0.4, 0.5) is 5.13 Å². The molecule has 1 N–H and O–H groups in total. The van der Waals surface area contributed by atoms with Crippen LogP contribution in [0.1, 0.15) is 31.4 Å². The number of thioether (sulfide) groups is 1. The van der Waals surface area contributed by atoms with E-state index in [0.29, 0.717) is 16.6 Å². The fraction of sp³-hybridized carbons (Fsp3) is 0.353. The third-order valence-corrected chi connectivity index (χ3v) is 5.35. The molecule has 0 aromatic carbocycles. The number of amides is 1. The zero-order valence-corrected chi connectivity index (χ0v) is 14.6. The maximum atomic E-state index is 12.7. The number of aromatic nitrogens is 2. The van der Waals surface area contributed by atoms with Gasteiger partial charge in [0.15, 0.2) is 5.13 Å². The Hall–Kier alpha value is -1.66. The Bertz CT molecular complexity index is 674. The van der Waals surface area contributed by atoms with Crippen LogP contribution in [0.15, 0.2) is 40.9 Å². The molecule has 0 radical (unpaired) electrons. The normalized spacial score (nSPS) is 15.8. The summed E-state index contributed by atoms with van der Waals surface area (Å²) in [6.07, 6.45) is 12.4. The first kappa shape index (κ1) is 16.2. The van der Waals surface area contributed by atoms with Crippen molar-refractivity contribution in [1.82, 2.24) is 9.97 Å². The van der Waals surface area contributed by atoms with E-state index in [9.17, 15) is 4.79 Å². The van der Waals surface area contributed by atoms with Gasteiger partial charge in [-0.2, -0.15) is 0 Å². The molecule has 1 amide bonds. The Labute approximate surface area is 144 Å². The number of hydrogen-bond acceptors (Lipinski definition) is 5. The molecule has 0 atom stereocenters. The minimum atomic E-state index is -0.128. The Morgan fingerprint density at radius 1 is 1.35 bits per heavy atom. The molecule has 1 aliphatic rings. The molecule has 0 saturated heterocycles. The molecule has 1 saturated carbocycles. The van der Waals surface area contributed by atoms with Crippen molar-refractivity contribution in [2.45, 2.75) is 30.6 Å². The van der Waals surface area contributed by atoms with Gasteiger partial charge in [-0.1, -0.05) is 18.9 Å². The van der Waals surface area contributed by atoms with Crippen LogP contribution in [-0.2, 0) is 4.79 Å². The lowest BCUT2D eigenvalue weighted by Gasteiger charge is -2.10. The van der Waals surface area contributed by atoms with Crippen molar-refractivity contribution in [3.8, 4) is 0 Å². The van der Waals surface area contributed by atoms with Gasteiger partial charge in [0.25, 0.3) is 5.91 Å². The van der Waals surface area contributed by atoms with Gasteiger partial charge in [0.05, 0.1) is 11.3 Å². The van der Waals surface area contributed by atoms with Crippen LogP contribution in [0.25, 0.3) is 5.57 Å². The predicted octanol–water partition coefficient (Wildman–Crippen LogP) is 4.47. The number of allylic oxidation sites excluding steroid dienone is 1.